The maximum atomic E-state index is 5.74. The SMILES string of the molecule is CC1CN(c2nccc(N)n2)CCN1Cc1ccccc1. The van der Waals surface area contributed by atoms with Crippen molar-refractivity contribution in [1.82, 2.24) is 14.9 Å². The van der Waals surface area contributed by atoms with Crippen LogP contribution in [0.25, 0.3) is 0 Å². The smallest absolute Gasteiger partial charge is 0.227 e. The van der Waals surface area contributed by atoms with Crippen molar-refractivity contribution in [2.75, 3.05) is 30.3 Å². The van der Waals surface area contributed by atoms with E-state index in [9.17, 15) is 0 Å². The third-order valence-electron chi connectivity index (χ3n) is 3.94. The molecule has 1 aliphatic heterocycles. The zero-order valence-electron chi connectivity index (χ0n) is 12.3. The Labute approximate surface area is 125 Å². The maximum Gasteiger partial charge on any atom is 0.227 e. The maximum absolute atomic E-state index is 5.74. The summed E-state index contributed by atoms with van der Waals surface area (Å²) in [6.45, 7) is 6.11. The van der Waals surface area contributed by atoms with Crippen molar-refractivity contribution in [3.05, 3.63) is 48.2 Å². The lowest BCUT2D eigenvalue weighted by molar-refractivity contribution is 0.180. The van der Waals surface area contributed by atoms with Crippen molar-refractivity contribution in [2.24, 2.45) is 0 Å². The topological polar surface area (TPSA) is 58.3 Å². The Bertz CT molecular complexity index is 586. The van der Waals surface area contributed by atoms with Gasteiger partial charge in [0.2, 0.25) is 5.95 Å². The molecule has 21 heavy (non-hydrogen) atoms. The third-order valence-corrected chi connectivity index (χ3v) is 3.94. The van der Waals surface area contributed by atoms with Gasteiger partial charge in [-0.2, -0.15) is 4.98 Å². The molecule has 0 bridgehead atoms. The van der Waals surface area contributed by atoms with Gasteiger partial charge < -0.3 is 10.6 Å². The molecular weight excluding hydrogens is 262 g/mol. The van der Waals surface area contributed by atoms with Crippen LogP contribution in [0.5, 0.6) is 0 Å². The molecule has 2 N–H and O–H groups in total. The Kier molecular flexibility index (Phi) is 4.01. The van der Waals surface area contributed by atoms with Crippen LogP contribution < -0.4 is 10.6 Å². The first-order chi connectivity index (χ1) is 10.2. The first-order valence-corrected chi connectivity index (χ1v) is 7.34. The van der Waals surface area contributed by atoms with Crippen molar-refractivity contribution in [3.8, 4) is 0 Å². The van der Waals surface area contributed by atoms with Gasteiger partial charge in [0, 0.05) is 38.4 Å². The highest BCUT2D eigenvalue weighted by Gasteiger charge is 2.25. The lowest BCUT2D eigenvalue weighted by Crippen LogP contribution is -2.51. The molecule has 1 aliphatic rings. The largest absolute Gasteiger partial charge is 0.384 e. The first-order valence-electron chi connectivity index (χ1n) is 7.34. The summed E-state index contributed by atoms with van der Waals surface area (Å²) in [5.41, 5.74) is 7.10. The van der Waals surface area contributed by atoms with Gasteiger partial charge in [-0.15, -0.1) is 0 Å². The summed E-state index contributed by atoms with van der Waals surface area (Å²) in [5.74, 6) is 1.26. The van der Waals surface area contributed by atoms with Crippen LogP contribution in [0.2, 0.25) is 0 Å². The Balaban J connectivity index is 1.64. The standard InChI is InChI=1S/C16H21N5/c1-13-11-21(16-18-8-7-15(17)19-16)10-9-20(13)12-14-5-3-2-4-6-14/h2-8,13H,9-12H2,1H3,(H2,17,18,19). The molecule has 1 atom stereocenters. The fourth-order valence-corrected chi connectivity index (χ4v) is 2.74. The number of aromatic nitrogens is 2. The fraction of sp³-hybridized carbons (Fsp3) is 0.375. The normalized spacial score (nSPS) is 19.7. The molecule has 1 unspecified atom stereocenters. The Hall–Kier alpha value is -2.14. The number of nitrogen functional groups attached to an aromatic ring is 1. The predicted molar refractivity (Wildman–Crippen MR) is 85.0 cm³/mol. The molecule has 2 aromatic rings. The van der Waals surface area contributed by atoms with Crippen LogP contribution in [0.15, 0.2) is 42.6 Å². The third kappa shape index (κ3) is 3.31. The summed E-state index contributed by atoms with van der Waals surface area (Å²) in [6.07, 6.45) is 1.72. The number of nitrogens with zero attached hydrogens (tertiary/aromatic N) is 4. The Morgan fingerprint density at radius 3 is 2.71 bits per heavy atom. The van der Waals surface area contributed by atoms with Crippen LogP contribution >= 0.6 is 0 Å². The predicted octanol–water partition coefficient (Wildman–Crippen LogP) is 1.77. The lowest BCUT2D eigenvalue weighted by Gasteiger charge is -2.39. The molecule has 3 rings (SSSR count). The van der Waals surface area contributed by atoms with E-state index in [1.54, 1.807) is 12.3 Å². The van der Waals surface area contributed by atoms with E-state index >= 15 is 0 Å². The van der Waals surface area contributed by atoms with Crippen molar-refractivity contribution < 1.29 is 0 Å². The summed E-state index contributed by atoms with van der Waals surface area (Å²) in [6, 6.07) is 12.8. The molecule has 0 saturated carbocycles. The van der Waals surface area contributed by atoms with Gasteiger partial charge in [-0.05, 0) is 18.6 Å². The molecule has 0 spiro atoms. The molecule has 5 nitrogen and oxygen atoms in total. The van der Waals surface area contributed by atoms with Gasteiger partial charge in [-0.3, -0.25) is 4.90 Å². The minimum absolute atomic E-state index is 0.462. The van der Waals surface area contributed by atoms with E-state index in [4.69, 9.17) is 5.73 Å². The second-order valence-electron chi connectivity index (χ2n) is 5.53. The van der Waals surface area contributed by atoms with Gasteiger partial charge >= 0.3 is 0 Å². The van der Waals surface area contributed by atoms with Crippen LogP contribution in [0.3, 0.4) is 0 Å². The van der Waals surface area contributed by atoms with Crippen molar-refractivity contribution >= 4 is 11.8 Å². The summed E-state index contributed by atoms with van der Waals surface area (Å²) in [7, 11) is 0. The van der Waals surface area contributed by atoms with E-state index in [0.717, 1.165) is 32.1 Å². The van der Waals surface area contributed by atoms with E-state index in [1.807, 2.05) is 0 Å². The molecule has 5 heteroatoms. The average molecular weight is 283 g/mol. The number of benzene rings is 1. The first kappa shape index (κ1) is 13.8. The number of hydrogen-bond acceptors (Lipinski definition) is 5. The van der Waals surface area contributed by atoms with E-state index in [0.29, 0.717) is 11.9 Å². The molecule has 0 amide bonds. The molecule has 0 radical (unpaired) electrons. The van der Waals surface area contributed by atoms with E-state index in [-0.39, 0.29) is 0 Å². The van der Waals surface area contributed by atoms with Crippen LogP contribution in [0.4, 0.5) is 11.8 Å². The number of piperazine rings is 1. The second kappa shape index (κ2) is 6.10. The number of anilines is 2. The molecule has 1 fully saturated rings. The summed E-state index contributed by atoms with van der Waals surface area (Å²) >= 11 is 0. The Morgan fingerprint density at radius 1 is 1.19 bits per heavy atom. The van der Waals surface area contributed by atoms with Crippen molar-refractivity contribution in [2.45, 2.75) is 19.5 Å². The van der Waals surface area contributed by atoms with E-state index in [1.165, 1.54) is 5.56 Å². The summed E-state index contributed by atoms with van der Waals surface area (Å²) < 4.78 is 0. The van der Waals surface area contributed by atoms with Crippen LogP contribution in [-0.4, -0.2) is 40.5 Å². The average Bonchev–Trinajstić information content (AvgIpc) is 2.50. The monoisotopic (exact) mass is 283 g/mol. The number of rotatable bonds is 3. The van der Waals surface area contributed by atoms with E-state index in [2.05, 4.69) is 57.0 Å². The Morgan fingerprint density at radius 2 is 2.00 bits per heavy atom. The minimum Gasteiger partial charge on any atom is -0.384 e. The van der Waals surface area contributed by atoms with Gasteiger partial charge in [0.05, 0.1) is 0 Å². The minimum atomic E-state index is 0.462. The summed E-state index contributed by atoms with van der Waals surface area (Å²) in [5, 5.41) is 0. The van der Waals surface area contributed by atoms with E-state index < -0.39 is 0 Å². The number of hydrogen-bond donors (Lipinski definition) is 1. The molecular formula is C16H21N5. The molecule has 2 heterocycles. The lowest BCUT2D eigenvalue weighted by atomic mass is 10.1. The van der Waals surface area contributed by atoms with Gasteiger partial charge in [0.1, 0.15) is 5.82 Å². The zero-order valence-corrected chi connectivity index (χ0v) is 12.3. The van der Waals surface area contributed by atoms with Crippen molar-refractivity contribution in [1.29, 1.82) is 0 Å². The van der Waals surface area contributed by atoms with Crippen LogP contribution in [0, 0.1) is 0 Å². The highest BCUT2D eigenvalue weighted by molar-refractivity contribution is 5.38. The summed E-state index contributed by atoms with van der Waals surface area (Å²) in [4.78, 5) is 13.3. The molecule has 1 aromatic heterocycles. The fourth-order valence-electron chi connectivity index (χ4n) is 2.74. The van der Waals surface area contributed by atoms with Gasteiger partial charge in [0.25, 0.3) is 0 Å². The van der Waals surface area contributed by atoms with Crippen molar-refractivity contribution in [3.63, 3.8) is 0 Å². The molecule has 110 valence electrons. The zero-order chi connectivity index (χ0) is 14.7. The second-order valence-corrected chi connectivity index (χ2v) is 5.53. The molecule has 1 saturated heterocycles. The van der Waals surface area contributed by atoms with Gasteiger partial charge in [-0.1, -0.05) is 30.3 Å². The molecule has 0 aliphatic carbocycles. The quantitative estimate of drug-likeness (QED) is 0.930. The number of nitrogens with two attached hydrogens (primary N) is 1. The van der Waals surface area contributed by atoms with Crippen LogP contribution in [0.1, 0.15) is 12.5 Å². The highest BCUT2D eigenvalue weighted by Crippen LogP contribution is 2.17. The highest BCUT2D eigenvalue weighted by atomic mass is 15.3. The van der Waals surface area contributed by atoms with Gasteiger partial charge in [-0.25, -0.2) is 4.98 Å². The molecule has 1 aromatic carbocycles. The van der Waals surface area contributed by atoms with Gasteiger partial charge in [0.15, 0.2) is 0 Å². The van der Waals surface area contributed by atoms with Crippen LogP contribution in [-0.2, 0) is 6.54 Å².